The molecule has 1 aliphatic rings. The molecule has 9 heteroatoms. The molecule has 1 heterocycles. The second-order valence-electron chi connectivity index (χ2n) is 4.06. The quantitative estimate of drug-likeness (QED) is 0.647. The molecule has 8 nitrogen and oxygen atoms in total. The lowest BCUT2D eigenvalue weighted by Gasteiger charge is -2.20. The van der Waals surface area contributed by atoms with Crippen LogP contribution in [0.1, 0.15) is 0 Å². The molecular formula is C11H11N3O5S. The monoisotopic (exact) mass is 297 g/mol. The highest BCUT2D eigenvalue weighted by Crippen LogP contribution is 2.23. The lowest BCUT2D eigenvalue weighted by Crippen LogP contribution is -2.43. The van der Waals surface area contributed by atoms with E-state index in [0.29, 0.717) is 5.75 Å². The summed E-state index contributed by atoms with van der Waals surface area (Å²) in [5.41, 5.74) is 0.110. The van der Waals surface area contributed by atoms with Crippen LogP contribution in [0, 0.1) is 10.1 Å². The van der Waals surface area contributed by atoms with Gasteiger partial charge < -0.3 is 15.3 Å². The molecule has 2 N–H and O–H groups in total. The van der Waals surface area contributed by atoms with Crippen molar-refractivity contribution in [2.45, 2.75) is 6.04 Å². The first-order chi connectivity index (χ1) is 9.49. The summed E-state index contributed by atoms with van der Waals surface area (Å²) in [5, 5.41) is 22.1. The average Bonchev–Trinajstić information content (AvgIpc) is 2.88. The number of anilines is 1. The normalized spacial score (nSPS) is 17.8. The smallest absolute Gasteiger partial charge is 0.327 e. The van der Waals surface area contributed by atoms with Crippen LogP contribution in [0.5, 0.6) is 0 Å². The van der Waals surface area contributed by atoms with E-state index in [9.17, 15) is 19.7 Å². The first-order valence-corrected chi connectivity index (χ1v) is 6.77. The van der Waals surface area contributed by atoms with E-state index in [0.717, 1.165) is 0 Å². The zero-order chi connectivity index (χ0) is 14.7. The molecule has 2 rings (SSSR count). The SMILES string of the molecule is O=C(O)C1CSCN1C(=O)Nc1cccc([N+](=O)[O-])c1. The van der Waals surface area contributed by atoms with E-state index in [1.54, 1.807) is 0 Å². The summed E-state index contributed by atoms with van der Waals surface area (Å²) >= 11 is 1.34. The largest absolute Gasteiger partial charge is 0.480 e. The summed E-state index contributed by atoms with van der Waals surface area (Å²) in [7, 11) is 0. The minimum atomic E-state index is -1.07. The molecule has 0 aromatic heterocycles. The van der Waals surface area contributed by atoms with Crippen molar-refractivity contribution in [2.75, 3.05) is 16.9 Å². The molecule has 1 unspecified atom stereocenters. The van der Waals surface area contributed by atoms with Crippen LogP contribution in [-0.4, -0.2) is 44.6 Å². The number of hydrogen-bond donors (Lipinski definition) is 2. The van der Waals surface area contributed by atoms with Gasteiger partial charge in [0.15, 0.2) is 0 Å². The zero-order valence-electron chi connectivity index (χ0n) is 10.2. The number of benzene rings is 1. The Labute approximate surface area is 117 Å². The number of nitro groups is 1. The second-order valence-corrected chi connectivity index (χ2v) is 5.06. The molecule has 1 saturated heterocycles. The first kappa shape index (κ1) is 14.1. The molecule has 1 aromatic rings. The maximum atomic E-state index is 12.0. The minimum Gasteiger partial charge on any atom is -0.480 e. The predicted molar refractivity (Wildman–Crippen MR) is 72.7 cm³/mol. The average molecular weight is 297 g/mol. The number of carbonyl (C=O) groups is 2. The Morgan fingerprint density at radius 1 is 1.50 bits per heavy atom. The van der Waals surface area contributed by atoms with Crippen LogP contribution in [0.3, 0.4) is 0 Å². The van der Waals surface area contributed by atoms with Gasteiger partial charge in [-0.15, -0.1) is 11.8 Å². The van der Waals surface area contributed by atoms with Crippen LogP contribution in [0.2, 0.25) is 0 Å². The van der Waals surface area contributed by atoms with Crippen LogP contribution < -0.4 is 5.32 Å². The van der Waals surface area contributed by atoms with Crippen LogP contribution >= 0.6 is 11.8 Å². The summed E-state index contributed by atoms with van der Waals surface area (Å²) < 4.78 is 0. The number of carboxylic acid groups (broad SMARTS) is 1. The molecule has 0 radical (unpaired) electrons. The van der Waals surface area contributed by atoms with E-state index >= 15 is 0 Å². The minimum absolute atomic E-state index is 0.145. The van der Waals surface area contributed by atoms with E-state index in [4.69, 9.17) is 5.11 Å². The van der Waals surface area contributed by atoms with Crippen LogP contribution in [0.4, 0.5) is 16.2 Å². The van der Waals surface area contributed by atoms with Gasteiger partial charge in [-0.05, 0) is 6.07 Å². The maximum Gasteiger partial charge on any atom is 0.327 e. The topological polar surface area (TPSA) is 113 Å². The van der Waals surface area contributed by atoms with E-state index in [1.165, 1.54) is 40.9 Å². The summed E-state index contributed by atoms with van der Waals surface area (Å²) in [6.07, 6.45) is 0. The van der Waals surface area contributed by atoms with Crippen molar-refractivity contribution in [3.63, 3.8) is 0 Å². The third-order valence-electron chi connectivity index (χ3n) is 2.74. The Morgan fingerprint density at radius 2 is 2.25 bits per heavy atom. The molecule has 2 amide bonds. The van der Waals surface area contributed by atoms with Crippen molar-refractivity contribution in [3.8, 4) is 0 Å². The van der Waals surface area contributed by atoms with Gasteiger partial charge in [-0.2, -0.15) is 0 Å². The number of amides is 2. The van der Waals surface area contributed by atoms with E-state index in [2.05, 4.69) is 5.32 Å². The summed E-state index contributed by atoms with van der Waals surface area (Å²) in [4.78, 5) is 34.2. The number of carboxylic acids is 1. The number of rotatable bonds is 3. The number of nitrogens with one attached hydrogen (secondary N) is 1. The van der Waals surface area contributed by atoms with Gasteiger partial charge in [0.05, 0.1) is 10.8 Å². The number of thioether (sulfide) groups is 1. The van der Waals surface area contributed by atoms with Crippen molar-refractivity contribution in [3.05, 3.63) is 34.4 Å². The molecular weight excluding hydrogens is 286 g/mol. The van der Waals surface area contributed by atoms with Gasteiger partial charge in [-0.3, -0.25) is 10.1 Å². The fraction of sp³-hybridized carbons (Fsp3) is 0.273. The number of aliphatic carboxylic acids is 1. The molecule has 0 aliphatic carbocycles. The fourth-order valence-electron chi connectivity index (χ4n) is 1.74. The number of urea groups is 1. The summed E-state index contributed by atoms with van der Waals surface area (Å²) in [6, 6.07) is 4.02. The van der Waals surface area contributed by atoms with Gasteiger partial charge >= 0.3 is 12.0 Å². The first-order valence-electron chi connectivity index (χ1n) is 5.61. The third kappa shape index (κ3) is 2.99. The van der Waals surface area contributed by atoms with E-state index < -0.39 is 23.0 Å². The standard InChI is InChI=1S/C11H11N3O5S/c15-10(16)9-5-20-6-13(9)11(17)12-7-2-1-3-8(4-7)14(18)19/h1-4,9H,5-6H2,(H,12,17)(H,15,16). The zero-order valence-corrected chi connectivity index (χ0v) is 11.0. The highest BCUT2D eigenvalue weighted by molar-refractivity contribution is 7.99. The van der Waals surface area contributed by atoms with Crippen molar-refractivity contribution in [1.82, 2.24) is 4.90 Å². The van der Waals surface area contributed by atoms with Gasteiger partial charge in [0.25, 0.3) is 5.69 Å². The molecule has 1 atom stereocenters. The highest BCUT2D eigenvalue weighted by atomic mass is 32.2. The molecule has 0 bridgehead atoms. The Morgan fingerprint density at radius 3 is 2.90 bits per heavy atom. The van der Waals surface area contributed by atoms with Crippen molar-refractivity contribution in [1.29, 1.82) is 0 Å². The van der Waals surface area contributed by atoms with E-state index in [-0.39, 0.29) is 17.3 Å². The molecule has 20 heavy (non-hydrogen) atoms. The maximum absolute atomic E-state index is 12.0. The van der Waals surface area contributed by atoms with E-state index in [1.807, 2.05) is 0 Å². The predicted octanol–water partition coefficient (Wildman–Crippen LogP) is 1.59. The Hall–Kier alpha value is -2.29. The van der Waals surface area contributed by atoms with Crippen LogP contribution in [0.25, 0.3) is 0 Å². The molecule has 106 valence electrons. The number of non-ortho nitro benzene ring substituents is 1. The van der Waals surface area contributed by atoms with Gasteiger partial charge in [0.2, 0.25) is 0 Å². The third-order valence-corrected chi connectivity index (χ3v) is 3.75. The summed E-state index contributed by atoms with van der Waals surface area (Å²) in [5.74, 6) is -0.459. The lowest BCUT2D eigenvalue weighted by molar-refractivity contribution is -0.384. The van der Waals surface area contributed by atoms with Crippen LogP contribution in [-0.2, 0) is 4.79 Å². The van der Waals surface area contributed by atoms with Gasteiger partial charge in [-0.1, -0.05) is 6.07 Å². The molecule has 1 aromatic carbocycles. The lowest BCUT2D eigenvalue weighted by atomic mass is 10.3. The Kier molecular flexibility index (Phi) is 4.08. The summed E-state index contributed by atoms with van der Waals surface area (Å²) in [6.45, 7) is 0. The van der Waals surface area contributed by atoms with Crippen LogP contribution in [0.15, 0.2) is 24.3 Å². The number of carbonyl (C=O) groups excluding carboxylic acids is 1. The fourth-order valence-corrected chi connectivity index (χ4v) is 2.88. The number of nitro benzene ring substituents is 1. The molecule has 0 saturated carbocycles. The molecule has 1 aliphatic heterocycles. The van der Waals surface area contributed by atoms with Crippen molar-refractivity contribution in [2.24, 2.45) is 0 Å². The van der Waals surface area contributed by atoms with Gasteiger partial charge in [0.1, 0.15) is 6.04 Å². The number of nitrogens with zero attached hydrogens (tertiary/aromatic N) is 2. The van der Waals surface area contributed by atoms with Crippen molar-refractivity contribution < 1.29 is 19.6 Å². The molecule has 1 fully saturated rings. The highest BCUT2D eigenvalue weighted by Gasteiger charge is 2.34. The number of hydrogen-bond acceptors (Lipinski definition) is 5. The Bertz CT molecular complexity index is 565. The second kappa shape index (κ2) is 5.78. The van der Waals surface area contributed by atoms with Gasteiger partial charge in [0, 0.05) is 23.6 Å². The molecule has 0 spiro atoms. The van der Waals surface area contributed by atoms with Gasteiger partial charge in [-0.25, -0.2) is 9.59 Å². The van der Waals surface area contributed by atoms with Crippen molar-refractivity contribution >= 4 is 35.1 Å². The Balaban J connectivity index is 2.09.